The molecule has 0 unspecified atom stereocenters. The lowest BCUT2D eigenvalue weighted by atomic mass is 10.0. The van der Waals surface area contributed by atoms with Crippen LogP contribution in [-0.4, -0.2) is 15.9 Å². The first-order valence-corrected chi connectivity index (χ1v) is 9.00. The van der Waals surface area contributed by atoms with Crippen molar-refractivity contribution in [3.05, 3.63) is 77.2 Å². The van der Waals surface area contributed by atoms with Gasteiger partial charge < -0.3 is 10.6 Å². The molecule has 5 nitrogen and oxygen atoms in total. The molecule has 3 rings (SSSR count). The summed E-state index contributed by atoms with van der Waals surface area (Å²) in [6.45, 7) is 8.26. The van der Waals surface area contributed by atoms with Crippen LogP contribution in [0.1, 0.15) is 46.9 Å². The summed E-state index contributed by atoms with van der Waals surface area (Å²) in [6, 6.07) is 14.0. The van der Waals surface area contributed by atoms with E-state index in [2.05, 4.69) is 52.6 Å². The molecule has 0 aliphatic heterocycles. The number of nitrogens with zero attached hydrogens (tertiary/aromatic N) is 2. The molecule has 1 heterocycles. The summed E-state index contributed by atoms with van der Waals surface area (Å²) in [4.78, 5) is 21.1. The Labute approximate surface area is 159 Å². The number of para-hydroxylation sites is 1. The highest BCUT2D eigenvalue weighted by molar-refractivity contribution is 6.03. The van der Waals surface area contributed by atoms with Gasteiger partial charge in [0.1, 0.15) is 11.5 Å². The highest BCUT2D eigenvalue weighted by Crippen LogP contribution is 2.24. The zero-order valence-corrected chi connectivity index (χ0v) is 16.1. The molecule has 1 aromatic heterocycles. The first-order chi connectivity index (χ1) is 12.9. The lowest BCUT2D eigenvalue weighted by Crippen LogP contribution is -2.15. The maximum Gasteiger partial charge on any atom is 0.275 e. The van der Waals surface area contributed by atoms with E-state index in [1.165, 1.54) is 6.20 Å². The van der Waals surface area contributed by atoms with Crippen LogP contribution in [0.5, 0.6) is 0 Å². The number of rotatable bonds is 5. The van der Waals surface area contributed by atoms with Gasteiger partial charge in [0.15, 0.2) is 0 Å². The average Bonchev–Trinajstić information content (AvgIpc) is 2.65. The van der Waals surface area contributed by atoms with Crippen molar-refractivity contribution in [2.24, 2.45) is 0 Å². The highest BCUT2D eigenvalue weighted by Gasteiger charge is 2.12. The molecule has 0 spiro atoms. The second kappa shape index (κ2) is 7.99. The van der Waals surface area contributed by atoms with E-state index in [-0.39, 0.29) is 11.6 Å². The van der Waals surface area contributed by atoms with Gasteiger partial charge in [-0.1, -0.05) is 44.2 Å². The fourth-order valence-corrected chi connectivity index (χ4v) is 2.82. The number of carbonyl (C=O) groups excluding carboxylic acids is 1. The molecule has 0 saturated heterocycles. The predicted octanol–water partition coefficient (Wildman–Crippen LogP) is 5.21. The number of aromatic nitrogens is 2. The summed E-state index contributed by atoms with van der Waals surface area (Å²) in [6.07, 6.45) is 3.06. The number of nitrogens with one attached hydrogen (secondary N) is 2. The topological polar surface area (TPSA) is 66.9 Å². The molecule has 0 fully saturated rings. The largest absolute Gasteiger partial charge is 0.339 e. The Balaban J connectivity index is 1.74. The minimum atomic E-state index is -0.270. The Morgan fingerprint density at radius 3 is 2.44 bits per heavy atom. The summed E-state index contributed by atoms with van der Waals surface area (Å²) in [5.74, 6) is 0.647. The van der Waals surface area contributed by atoms with Gasteiger partial charge in [-0.15, -0.1) is 0 Å². The first-order valence-electron chi connectivity index (χ1n) is 9.00. The van der Waals surface area contributed by atoms with Gasteiger partial charge in [-0.25, -0.2) is 9.97 Å². The maximum absolute atomic E-state index is 12.5. The minimum Gasteiger partial charge on any atom is -0.339 e. The average molecular weight is 360 g/mol. The highest BCUT2D eigenvalue weighted by atomic mass is 16.1. The number of hydrogen-bond donors (Lipinski definition) is 2. The fourth-order valence-electron chi connectivity index (χ4n) is 2.82. The smallest absolute Gasteiger partial charge is 0.275 e. The molecule has 0 atom stereocenters. The molecule has 0 aliphatic carbocycles. The molecule has 1 amide bonds. The third kappa shape index (κ3) is 4.50. The SMILES string of the molecule is Cc1ccc(C)c(Nc2cnc(C(=O)Nc3ccccc3C(C)C)cn2)c1. The lowest BCUT2D eigenvalue weighted by molar-refractivity contribution is 0.102. The Morgan fingerprint density at radius 2 is 1.74 bits per heavy atom. The van der Waals surface area contributed by atoms with Crippen LogP contribution in [0.25, 0.3) is 0 Å². The van der Waals surface area contributed by atoms with Crippen molar-refractivity contribution >= 4 is 23.1 Å². The standard InChI is InChI=1S/C22H24N4O/c1-14(2)17-7-5-6-8-18(17)26-22(27)20-12-24-21(13-23-20)25-19-11-15(3)9-10-16(19)4/h5-14H,1-4H3,(H,24,25)(H,26,27). The maximum atomic E-state index is 12.5. The van der Waals surface area contributed by atoms with E-state index >= 15 is 0 Å². The second-order valence-corrected chi connectivity index (χ2v) is 6.93. The summed E-state index contributed by atoms with van der Waals surface area (Å²) in [7, 11) is 0. The molecule has 0 aliphatic rings. The molecule has 27 heavy (non-hydrogen) atoms. The lowest BCUT2D eigenvalue weighted by Gasteiger charge is -2.13. The van der Waals surface area contributed by atoms with Crippen LogP contribution in [-0.2, 0) is 0 Å². The molecule has 2 aromatic carbocycles. The van der Waals surface area contributed by atoms with Crippen LogP contribution in [0.4, 0.5) is 17.2 Å². The molecule has 0 radical (unpaired) electrons. The molecular formula is C22H24N4O. The van der Waals surface area contributed by atoms with Crippen molar-refractivity contribution in [3.63, 3.8) is 0 Å². The van der Waals surface area contributed by atoms with Crippen LogP contribution in [0.3, 0.4) is 0 Å². The minimum absolute atomic E-state index is 0.270. The summed E-state index contributed by atoms with van der Waals surface area (Å²) < 4.78 is 0. The van der Waals surface area contributed by atoms with Gasteiger partial charge in [0.05, 0.1) is 12.4 Å². The number of hydrogen-bond acceptors (Lipinski definition) is 4. The van der Waals surface area contributed by atoms with Crippen molar-refractivity contribution in [2.75, 3.05) is 10.6 Å². The van der Waals surface area contributed by atoms with E-state index in [1.807, 2.05) is 38.1 Å². The Kier molecular flexibility index (Phi) is 5.50. The third-order valence-electron chi connectivity index (χ3n) is 4.37. The number of carbonyl (C=O) groups is 1. The number of aryl methyl sites for hydroxylation is 2. The van der Waals surface area contributed by atoms with E-state index in [9.17, 15) is 4.79 Å². The van der Waals surface area contributed by atoms with Crippen LogP contribution in [0.15, 0.2) is 54.9 Å². The van der Waals surface area contributed by atoms with Gasteiger partial charge >= 0.3 is 0 Å². The van der Waals surface area contributed by atoms with Crippen LogP contribution >= 0.6 is 0 Å². The van der Waals surface area contributed by atoms with Crippen molar-refractivity contribution in [3.8, 4) is 0 Å². The van der Waals surface area contributed by atoms with Crippen molar-refractivity contribution in [2.45, 2.75) is 33.6 Å². The predicted molar refractivity (Wildman–Crippen MR) is 110 cm³/mol. The number of benzene rings is 2. The van der Waals surface area contributed by atoms with E-state index in [1.54, 1.807) is 6.20 Å². The van der Waals surface area contributed by atoms with E-state index in [0.717, 1.165) is 28.1 Å². The molecule has 2 N–H and O–H groups in total. The number of amides is 1. The quantitative estimate of drug-likeness (QED) is 0.655. The van der Waals surface area contributed by atoms with Gasteiger partial charge in [-0.3, -0.25) is 4.79 Å². The normalized spacial score (nSPS) is 10.7. The van der Waals surface area contributed by atoms with E-state index < -0.39 is 0 Å². The van der Waals surface area contributed by atoms with Crippen LogP contribution in [0.2, 0.25) is 0 Å². The molecule has 0 bridgehead atoms. The van der Waals surface area contributed by atoms with Gasteiger partial charge in [0, 0.05) is 11.4 Å². The van der Waals surface area contributed by atoms with Crippen molar-refractivity contribution < 1.29 is 4.79 Å². The molecule has 0 saturated carbocycles. The molecule has 5 heteroatoms. The molecule has 3 aromatic rings. The first kappa shape index (κ1) is 18.6. The van der Waals surface area contributed by atoms with Gasteiger partial charge in [-0.2, -0.15) is 0 Å². The number of anilines is 3. The van der Waals surface area contributed by atoms with Crippen LogP contribution in [0, 0.1) is 13.8 Å². The summed E-state index contributed by atoms with van der Waals surface area (Å²) in [5, 5.41) is 6.18. The Morgan fingerprint density at radius 1 is 0.963 bits per heavy atom. The van der Waals surface area contributed by atoms with Gasteiger partial charge in [0.25, 0.3) is 5.91 Å². The van der Waals surface area contributed by atoms with Gasteiger partial charge in [-0.05, 0) is 48.6 Å². The zero-order chi connectivity index (χ0) is 19.4. The van der Waals surface area contributed by atoms with Crippen molar-refractivity contribution in [1.29, 1.82) is 0 Å². The molecular weight excluding hydrogens is 336 g/mol. The van der Waals surface area contributed by atoms with Crippen LogP contribution < -0.4 is 10.6 Å². The molecule has 138 valence electrons. The summed E-state index contributed by atoms with van der Waals surface area (Å²) in [5.41, 5.74) is 5.43. The Hall–Kier alpha value is -3.21. The van der Waals surface area contributed by atoms with Crippen molar-refractivity contribution in [1.82, 2.24) is 9.97 Å². The monoisotopic (exact) mass is 360 g/mol. The fraction of sp³-hybridized carbons (Fsp3) is 0.227. The van der Waals surface area contributed by atoms with E-state index in [4.69, 9.17) is 0 Å². The Bertz CT molecular complexity index is 949. The second-order valence-electron chi connectivity index (χ2n) is 6.93. The van der Waals surface area contributed by atoms with E-state index in [0.29, 0.717) is 11.7 Å². The zero-order valence-electron chi connectivity index (χ0n) is 16.1. The third-order valence-corrected chi connectivity index (χ3v) is 4.37. The van der Waals surface area contributed by atoms with Gasteiger partial charge in [0.2, 0.25) is 0 Å². The summed E-state index contributed by atoms with van der Waals surface area (Å²) >= 11 is 0.